The maximum absolute atomic E-state index is 11.6. The molecule has 5 rings (SSSR count). The zero-order chi connectivity index (χ0) is 21.8. The first-order chi connectivity index (χ1) is 15.8. The summed E-state index contributed by atoms with van der Waals surface area (Å²) in [5.74, 6) is 1.29. The highest BCUT2D eigenvalue weighted by Gasteiger charge is 2.18. The average molecular weight is 451 g/mol. The molecule has 2 aromatic heterocycles. The predicted molar refractivity (Wildman–Crippen MR) is 131 cm³/mol. The van der Waals surface area contributed by atoms with Crippen molar-refractivity contribution in [2.75, 3.05) is 49.5 Å². The fraction of sp³-hybridized carbons (Fsp3) is 0.440. The van der Waals surface area contributed by atoms with Gasteiger partial charge in [0, 0.05) is 32.1 Å². The zero-order valence-electron chi connectivity index (χ0n) is 18.4. The third kappa shape index (κ3) is 4.89. The standard InChI is InChI=1S/C25H30N4O2S/c30-22-9-7-20-8-10-23(27-25(20)26-22)31-17-2-1-12-28-13-4-14-29(16-15-28)21-6-3-5-19-11-18-32-24(19)21/h3,5-6,8,10-11,18H,1-2,4,7,9,12-17H2,(H,26,27,30). The van der Waals surface area contributed by atoms with Gasteiger partial charge in [-0.2, -0.15) is 4.98 Å². The minimum atomic E-state index is 0.0326. The number of carbonyl (C=O) groups excluding carboxylic acids is 1. The van der Waals surface area contributed by atoms with E-state index in [0.29, 0.717) is 24.7 Å². The molecule has 0 aliphatic carbocycles. The van der Waals surface area contributed by atoms with Crippen molar-refractivity contribution in [3.8, 4) is 5.88 Å². The van der Waals surface area contributed by atoms with Crippen molar-refractivity contribution in [3.63, 3.8) is 0 Å². The lowest BCUT2D eigenvalue weighted by Gasteiger charge is -2.24. The number of rotatable bonds is 7. The van der Waals surface area contributed by atoms with Gasteiger partial charge in [-0.05, 0) is 73.3 Å². The Morgan fingerprint density at radius 3 is 2.97 bits per heavy atom. The molecule has 0 saturated carbocycles. The molecule has 7 heteroatoms. The number of hydrogen-bond acceptors (Lipinski definition) is 6. The van der Waals surface area contributed by atoms with Gasteiger partial charge in [0.2, 0.25) is 11.8 Å². The number of ether oxygens (including phenoxy) is 1. The average Bonchev–Trinajstić information content (AvgIpc) is 3.17. The Labute approximate surface area is 193 Å². The second kappa shape index (κ2) is 9.88. The van der Waals surface area contributed by atoms with Crippen LogP contribution in [0.5, 0.6) is 5.88 Å². The number of anilines is 2. The number of thiophene rings is 1. The van der Waals surface area contributed by atoms with Gasteiger partial charge in [-0.1, -0.05) is 12.1 Å². The van der Waals surface area contributed by atoms with E-state index in [0.717, 1.165) is 57.5 Å². The number of unbranched alkanes of at least 4 members (excludes halogenated alkanes) is 1. The fourth-order valence-corrected chi connectivity index (χ4v) is 5.52. The molecular weight excluding hydrogens is 420 g/mol. The molecule has 1 N–H and O–H groups in total. The second-order valence-electron chi connectivity index (χ2n) is 8.56. The summed E-state index contributed by atoms with van der Waals surface area (Å²) in [4.78, 5) is 21.1. The lowest BCUT2D eigenvalue weighted by molar-refractivity contribution is -0.116. The van der Waals surface area contributed by atoms with E-state index in [1.165, 1.54) is 22.2 Å². The van der Waals surface area contributed by atoms with Crippen LogP contribution in [0.15, 0.2) is 41.8 Å². The van der Waals surface area contributed by atoms with Gasteiger partial charge in [-0.15, -0.1) is 11.3 Å². The molecule has 6 nitrogen and oxygen atoms in total. The Hall–Kier alpha value is -2.64. The van der Waals surface area contributed by atoms with E-state index in [2.05, 4.69) is 49.7 Å². The highest BCUT2D eigenvalue weighted by atomic mass is 32.1. The van der Waals surface area contributed by atoms with Gasteiger partial charge in [0.05, 0.1) is 17.0 Å². The molecule has 168 valence electrons. The van der Waals surface area contributed by atoms with Crippen LogP contribution in [0, 0.1) is 0 Å². The largest absolute Gasteiger partial charge is 0.478 e. The van der Waals surface area contributed by atoms with Gasteiger partial charge in [-0.3, -0.25) is 4.79 Å². The van der Waals surface area contributed by atoms with Crippen LogP contribution in [0.25, 0.3) is 10.1 Å². The van der Waals surface area contributed by atoms with Crippen LogP contribution in [0.1, 0.15) is 31.2 Å². The van der Waals surface area contributed by atoms with E-state index in [-0.39, 0.29) is 5.91 Å². The molecule has 1 fully saturated rings. The van der Waals surface area contributed by atoms with Gasteiger partial charge in [0.25, 0.3) is 0 Å². The van der Waals surface area contributed by atoms with Crippen molar-refractivity contribution in [1.82, 2.24) is 9.88 Å². The summed E-state index contributed by atoms with van der Waals surface area (Å²) in [6, 6.07) is 12.8. The van der Waals surface area contributed by atoms with Crippen LogP contribution in [0.4, 0.5) is 11.5 Å². The maximum Gasteiger partial charge on any atom is 0.225 e. The van der Waals surface area contributed by atoms with Gasteiger partial charge in [-0.25, -0.2) is 0 Å². The first-order valence-electron chi connectivity index (χ1n) is 11.6. The second-order valence-corrected chi connectivity index (χ2v) is 9.48. The summed E-state index contributed by atoms with van der Waals surface area (Å²) in [6.45, 7) is 6.22. The number of nitrogens with zero attached hydrogens (tertiary/aromatic N) is 3. The van der Waals surface area contributed by atoms with Crippen LogP contribution >= 0.6 is 11.3 Å². The number of fused-ring (bicyclic) bond motifs is 2. The Balaban J connectivity index is 1.06. The molecule has 0 unspecified atom stereocenters. The third-order valence-corrected chi connectivity index (χ3v) is 7.29. The topological polar surface area (TPSA) is 57.7 Å². The Bertz CT molecular complexity index is 1080. The van der Waals surface area contributed by atoms with Crippen LogP contribution < -0.4 is 15.0 Å². The number of pyridine rings is 1. The predicted octanol–water partition coefficient (Wildman–Crippen LogP) is 4.55. The smallest absolute Gasteiger partial charge is 0.225 e. The number of benzene rings is 1. The van der Waals surface area contributed by atoms with Crippen LogP contribution in [0.3, 0.4) is 0 Å². The van der Waals surface area contributed by atoms with E-state index in [1.807, 2.05) is 23.5 Å². The van der Waals surface area contributed by atoms with Crippen molar-refractivity contribution in [2.45, 2.75) is 32.1 Å². The number of amides is 1. The molecule has 1 amide bonds. The number of aromatic nitrogens is 1. The SMILES string of the molecule is O=C1CCc2ccc(OCCCCN3CCCN(c4cccc5ccsc45)CC3)nc2N1. The summed E-state index contributed by atoms with van der Waals surface area (Å²) in [5.41, 5.74) is 2.48. The fourth-order valence-electron chi connectivity index (χ4n) is 4.58. The van der Waals surface area contributed by atoms with E-state index >= 15 is 0 Å². The lowest BCUT2D eigenvalue weighted by Crippen LogP contribution is -2.31. The van der Waals surface area contributed by atoms with Crippen molar-refractivity contribution < 1.29 is 9.53 Å². The Kier molecular flexibility index (Phi) is 6.55. The summed E-state index contributed by atoms with van der Waals surface area (Å²) in [5, 5.41) is 6.38. The van der Waals surface area contributed by atoms with Gasteiger partial charge >= 0.3 is 0 Å². The normalized spacial score (nSPS) is 17.1. The van der Waals surface area contributed by atoms with Crippen LogP contribution in [-0.4, -0.2) is 55.1 Å². The number of hydrogen-bond donors (Lipinski definition) is 1. The molecule has 0 radical (unpaired) electrons. The van der Waals surface area contributed by atoms with E-state index in [4.69, 9.17) is 4.74 Å². The Morgan fingerprint density at radius 1 is 1.03 bits per heavy atom. The molecule has 0 spiro atoms. The summed E-state index contributed by atoms with van der Waals surface area (Å²) >= 11 is 1.85. The first-order valence-corrected chi connectivity index (χ1v) is 12.5. The zero-order valence-corrected chi connectivity index (χ0v) is 19.2. The molecule has 1 saturated heterocycles. The van der Waals surface area contributed by atoms with Crippen LogP contribution in [0.2, 0.25) is 0 Å². The van der Waals surface area contributed by atoms with Crippen molar-refractivity contribution in [2.24, 2.45) is 0 Å². The minimum Gasteiger partial charge on any atom is -0.478 e. The summed E-state index contributed by atoms with van der Waals surface area (Å²) in [7, 11) is 0. The van der Waals surface area contributed by atoms with E-state index < -0.39 is 0 Å². The van der Waals surface area contributed by atoms with E-state index in [9.17, 15) is 4.79 Å². The van der Waals surface area contributed by atoms with Crippen LogP contribution in [-0.2, 0) is 11.2 Å². The molecule has 32 heavy (non-hydrogen) atoms. The molecule has 3 aromatic rings. The molecule has 2 aliphatic rings. The minimum absolute atomic E-state index is 0.0326. The number of carbonyl (C=O) groups is 1. The summed E-state index contributed by atoms with van der Waals surface area (Å²) in [6.07, 6.45) is 4.60. The molecule has 0 atom stereocenters. The van der Waals surface area contributed by atoms with E-state index in [1.54, 1.807) is 0 Å². The Morgan fingerprint density at radius 2 is 2.00 bits per heavy atom. The van der Waals surface area contributed by atoms with Gasteiger partial charge < -0.3 is 19.9 Å². The van der Waals surface area contributed by atoms with Gasteiger partial charge in [0.1, 0.15) is 5.82 Å². The highest BCUT2D eigenvalue weighted by molar-refractivity contribution is 7.17. The maximum atomic E-state index is 11.6. The number of aryl methyl sites for hydroxylation is 1. The third-order valence-electron chi connectivity index (χ3n) is 6.34. The molecule has 0 bridgehead atoms. The molecular formula is C25H30N4O2S. The van der Waals surface area contributed by atoms with Crippen molar-refractivity contribution in [3.05, 3.63) is 47.3 Å². The molecule has 2 aliphatic heterocycles. The molecule has 1 aromatic carbocycles. The van der Waals surface area contributed by atoms with Gasteiger partial charge in [0.15, 0.2) is 0 Å². The number of nitrogens with one attached hydrogen (secondary N) is 1. The first kappa shape index (κ1) is 21.2. The quantitative estimate of drug-likeness (QED) is 0.535. The molecule has 4 heterocycles. The van der Waals surface area contributed by atoms with Crippen molar-refractivity contribution in [1.29, 1.82) is 0 Å². The lowest BCUT2D eigenvalue weighted by atomic mass is 10.1. The summed E-state index contributed by atoms with van der Waals surface area (Å²) < 4.78 is 7.25. The van der Waals surface area contributed by atoms with Crippen molar-refractivity contribution >= 4 is 38.8 Å². The highest BCUT2D eigenvalue weighted by Crippen LogP contribution is 2.32. The monoisotopic (exact) mass is 450 g/mol.